The van der Waals surface area contributed by atoms with Crippen LogP contribution < -0.4 is 9.62 Å². The van der Waals surface area contributed by atoms with Crippen molar-refractivity contribution in [2.45, 2.75) is 13.0 Å². The minimum atomic E-state index is -3.37. The quantitative estimate of drug-likeness (QED) is 0.648. The van der Waals surface area contributed by atoms with Gasteiger partial charge >= 0.3 is 0 Å². The summed E-state index contributed by atoms with van der Waals surface area (Å²) in [4.78, 5) is 12.8. The smallest absolute Gasteiger partial charge is 0.294 e. The van der Waals surface area contributed by atoms with Crippen LogP contribution in [0.4, 0.5) is 17.1 Å². The number of hydrogen-bond acceptors (Lipinski definition) is 5. The second-order valence-corrected chi connectivity index (χ2v) is 8.06. The summed E-state index contributed by atoms with van der Waals surface area (Å²) in [5, 5.41) is 11.6. The number of rotatable bonds is 4. The third-order valence-electron chi connectivity index (χ3n) is 4.04. The molecule has 1 aliphatic rings. The molecule has 2 aromatic rings. The molecular formula is C16H16ClN3O4S. The van der Waals surface area contributed by atoms with Crippen molar-refractivity contribution in [2.24, 2.45) is 0 Å². The van der Waals surface area contributed by atoms with Crippen molar-refractivity contribution in [1.82, 2.24) is 0 Å². The molecule has 0 amide bonds. The van der Waals surface area contributed by atoms with Crippen LogP contribution >= 0.6 is 11.6 Å². The lowest BCUT2D eigenvalue weighted by atomic mass is 9.97. The molecular weight excluding hydrogens is 366 g/mol. The van der Waals surface area contributed by atoms with Crippen LogP contribution in [0.5, 0.6) is 0 Å². The Morgan fingerprint density at radius 2 is 2.04 bits per heavy atom. The minimum absolute atomic E-state index is 0.0404. The Morgan fingerprint density at radius 3 is 2.72 bits per heavy atom. The van der Waals surface area contributed by atoms with Gasteiger partial charge in [-0.15, -0.1) is 0 Å². The lowest BCUT2D eigenvalue weighted by Crippen LogP contribution is -2.31. The summed E-state index contributed by atoms with van der Waals surface area (Å²) in [6, 6.07) is 10.0. The summed E-state index contributed by atoms with van der Waals surface area (Å²) in [5.74, 6) is 0. The number of hydrogen-bond donors (Lipinski definition) is 1. The third kappa shape index (κ3) is 3.85. The molecule has 132 valence electrons. The van der Waals surface area contributed by atoms with Gasteiger partial charge in [-0.1, -0.05) is 23.7 Å². The van der Waals surface area contributed by atoms with Gasteiger partial charge in [-0.05, 0) is 35.7 Å². The fraction of sp³-hybridized carbons (Fsp3) is 0.250. The van der Waals surface area contributed by atoms with Gasteiger partial charge in [-0.2, -0.15) is 0 Å². The molecule has 3 rings (SSSR count). The van der Waals surface area contributed by atoms with Gasteiger partial charge in [0.05, 0.1) is 16.9 Å². The van der Waals surface area contributed by atoms with Crippen LogP contribution in [0.15, 0.2) is 36.4 Å². The summed E-state index contributed by atoms with van der Waals surface area (Å²) in [7, 11) is -3.37. The van der Waals surface area contributed by atoms with Crippen LogP contribution in [0.25, 0.3) is 0 Å². The Labute approximate surface area is 150 Å². The van der Waals surface area contributed by atoms with E-state index in [-0.39, 0.29) is 5.69 Å². The highest BCUT2D eigenvalue weighted by Crippen LogP contribution is 2.35. The summed E-state index contributed by atoms with van der Waals surface area (Å²) < 4.78 is 25.6. The minimum Gasteiger partial charge on any atom is -0.361 e. The van der Waals surface area contributed by atoms with Gasteiger partial charge in [0.25, 0.3) is 5.69 Å². The predicted molar refractivity (Wildman–Crippen MR) is 97.8 cm³/mol. The van der Waals surface area contributed by atoms with E-state index in [1.807, 2.05) is 11.0 Å². The molecule has 9 heteroatoms. The summed E-state index contributed by atoms with van der Waals surface area (Å²) >= 11 is 5.88. The molecule has 1 N–H and O–H groups in total. The molecule has 0 fully saturated rings. The van der Waals surface area contributed by atoms with E-state index in [1.165, 1.54) is 6.07 Å². The number of halogens is 1. The largest absolute Gasteiger partial charge is 0.361 e. The highest BCUT2D eigenvalue weighted by atomic mass is 35.5. The zero-order valence-electron chi connectivity index (χ0n) is 13.4. The summed E-state index contributed by atoms with van der Waals surface area (Å²) in [6.45, 7) is 0.995. The van der Waals surface area contributed by atoms with Crippen molar-refractivity contribution < 1.29 is 13.3 Å². The Kier molecular flexibility index (Phi) is 4.57. The van der Waals surface area contributed by atoms with Gasteiger partial charge in [0.2, 0.25) is 10.0 Å². The van der Waals surface area contributed by atoms with Gasteiger partial charge in [0, 0.05) is 24.2 Å². The predicted octanol–water partition coefficient (Wildman–Crippen LogP) is 3.18. The first-order valence-electron chi connectivity index (χ1n) is 7.52. The second kappa shape index (κ2) is 6.53. The van der Waals surface area contributed by atoms with E-state index < -0.39 is 14.9 Å². The molecule has 2 aromatic carbocycles. The molecule has 0 saturated heterocycles. The van der Waals surface area contributed by atoms with Gasteiger partial charge in [0.15, 0.2) is 0 Å². The molecule has 0 atom stereocenters. The van der Waals surface area contributed by atoms with Crippen molar-refractivity contribution in [3.8, 4) is 0 Å². The van der Waals surface area contributed by atoms with Crippen LogP contribution in [0, 0.1) is 10.1 Å². The molecule has 0 spiro atoms. The average molecular weight is 382 g/mol. The van der Waals surface area contributed by atoms with E-state index in [4.69, 9.17) is 11.6 Å². The first-order valence-corrected chi connectivity index (χ1v) is 9.79. The fourth-order valence-electron chi connectivity index (χ4n) is 3.02. The monoisotopic (exact) mass is 381 g/mol. The van der Waals surface area contributed by atoms with Gasteiger partial charge in [-0.25, -0.2) is 8.42 Å². The van der Waals surface area contributed by atoms with E-state index in [9.17, 15) is 18.5 Å². The van der Waals surface area contributed by atoms with Crippen molar-refractivity contribution in [1.29, 1.82) is 0 Å². The molecule has 0 bridgehead atoms. The zero-order valence-corrected chi connectivity index (χ0v) is 15.0. The SMILES string of the molecule is CS(=O)(=O)Nc1cccc2c1CCN(c1ccc(Cl)cc1[N+](=O)[O-])C2. The Morgan fingerprint density at radius 1 is 1.28 bits per heavy atom. The number of nitro benzene ring substituents is 1. The maximum absolute atomic E-state index is 11.5. The molecule has 0 saturated carbocycles. The van der Waals surface area contributed by atoms with Crippen molar-refractivity contribution in [3.63, 3.8) is 0 Å². The first kappa shape index (κ1) is 17.5. The summed E-state index contributed by atoms with van der Waals surface area (Å²) in [6.07, 6.45) is 1.69. The number of nitrogens with one attached hydrogen (secondary N) is 1. The molecule has 0 aromatic heterocycles. The van der Waals surface area contributed by atoms with Crippen molar-refractivity contribution in [3.05, 3.63) is 62.7 Å². The third-order valence-corrected chi connectivity index (χ3v) is 4.86. The lowest BCUT2D eigenvalue weighted by molar-refractivity contribution is -0.384. The molecule has 25 heavy (non-hydrogen) atoms. The molecule has 0 unspecified atom stereocenters. The second-order valence-electron chi connectivity index (χ2n) is 5.88. The highest BCUT2D eigenvalue weighted by molar-refractivity contribution is 7.92. The summed E-state index contributed by atoms with van der Waals surface area (Å²) in [5.41, 5.74) is 2.87. The van der Waals surface area contributed by atoms with Crippen molar-refractivity contribution >= 4 is 38.7 Å². The van der Waals surface area contributed by atoms with Crippen LogP contribution in [0.3, 0.4) is 0 Å². The van der Waals surface area contributed by atoms with Gasteiger partial charge in [-0.3, -0.25) is 14.8 Å². The first-order chi connectivity index (χ1) is 11.7. The maximum atomic E-state index is 11.5. The fourth-order valence-corrected chi connectivity index (χ4v) is 3.78. The topological polar surface area (TPSA) is 92.6 Å². The average Bonchev–Trinajstić information content (AvgIpc) is 2.53. The Balaban J connectivity index is 1.95. The number of nitro groups is 1. The van der Waals surface area contributed by atoms with Crippen molar-refractivity contribution in [2.75, 3.05) is 22.4 Å². The molecule has 1 aliphatic heterocycles. The van der Waals surface area contributed by atoms with Gasteiger partial charge in [0.1, 0.15) is 5.69 Å². The molecule has 0 aliphatic carbocycles. The van der Waals surface area contributed by atoms with E-state index >= 15 is 0 Å². The molecule has 1 heterocycles. The zero-order chi connectivity index (χ0) is 18.2. The van der Waals surface area contributed by atoms with Crippen LogP contribution in [0.2, 0.25) is 5.02 Å². The highest BCUT2D eigenvalue weighted by Gasteiger charge is 2.25. The van der Waals surface area contributed by atoms with E-state index in [0.29, 0.717) is 35.9 Å². The van der Waals surface area contributed by atoms with E-state index in [1.54, 1.807) is 24.3 Å². The lowest BCUT2D eigenvalue weighted by Gasteiger charge is -2.31. The number of fused-ring (bicyclic) bond motifs is 1. The van der Waals surface area contributed by atoms with Crippen LogP contribution in [-0.4, -0.2) is 26.1 Å². The standard InChI is InChI=1S/C16H16ClN3O4S/c1-25(23,24)18-14-4-2-3-11-10-19(8-7-13(11)14)15-6-5-12(17)9-16(15)20(21)22/h2-6,9,18H,7-8,10H2,1H3. The molecule has 0 radical (unpaired) electrons. The Hall–Kier alpha value is -2.32. The van der Waals surface area contributed by atoms with Gasteiger partial charge < -0.3 is 4.90 Å². The van der Waals surface area contributed by atoms with Crippen LogP contribution in [-0.2, 0) is 23.0 Å². The maximum Gasteiger partial charge on any atom is 0.294 e. The number of nitrogens with zero attached hydrogens (tertiary/aromatic N) is 2. The van der Waals surface area contributed by atoms with E-state index in [0.717, 1.165) is 17.4 Å². The normalized spacial score (nSPS) is 14.1. The van der Waals surface area contributed by atoms with Crippen LogP contribution in [0.1, 0.15) is 11.1 Å². The van der Waals surface area contributed by atoms with E-state index in [2.05, 4.69) is 4.72 Å². The number of sulfonamides is 1. The number of benzene rings is 2. The number of anilines is 2. The molecule has 7 nitrogen and oxygen atoms in total. The Bertz CT molecular complexity index is 946.